The van der Waals surface area contributed by atoms with Gasteiger partial charge in [-0.2, -0.15) is 0 Å². The Morgan fingerprint density at radius 3 is 2.66 bits per heavy atom. The fraction of sp³-hybridized carbons (Fsp3) is 0.826. The molecular weight excluding hydrogens is 858 g/mol. The summed E-state index contributed by atoms with van der Waals surface area (Å²) in [6.45, 7) is 11.0. The fourth-order valence-electron chi connectivity index (χ4n) is 4.22. The molecule has 0 heterocycles. The van der Waals surface area contributed by atoms with E-state index in [0.717, 1.165) is 29.5 Å². The van der Waals surface area contributed by atoms with Crippen LogP contribution in [0.15, 0.2) is 22.3 Å². The summed E-state index contributed by atoms with van der Waals surface area (Å²) < 4.78 is 21.2. The van der Waals surface area contributed by atoms with E-state index in [0.29, 0.717) is 6.17 Å². The van der Waals surface area contributed by atoms with Crippen LogP contribution in [-0.2, 0) is 4.74 Å². The molecule has 5 nitrogen and oxygen atoms in total. The average Bonchev–Trinajstić information content (AvgIpc) is 2.80. The van der Waals surface area contributed by atoms with Crippen LogP contribution in [0.2, 0.25) is 0 Å². The molecule has 0 aromatic rings. The zero-order valence-electron chi connectivity index (χ0n) is 20.8. The van der Waals surface area contributed by atoms with Crippen molar-refractivity contribution in [2.24, 2.45) is 5.92 Å². The first-order valence-corrected chi connectivity index (χ1v) is 28.1. The van der Waals surface area contributed by atoms with E-state index in [9.17, 15) is 3.44 Å². The number of hydrogen-bond donors (Lipinski definition) is 2. The van der Waals surface area contributed by atoms with Crippen LogP contribution in [0, 0.1) is 5.92 Å². The molecule has 32 heavy (non-hydrogen) atoms. The van der Waals surface area contributed by atoms with Gasteiger partial charge in [-0.25, -0.2) is 0 Å². The van der Waals surface area contributed by atoms with Gasteiger partial charge in [-0.15, -0.1) is 0 Å². The molecule has 196 valence electrons. The first-order valence-electron chi connectivity index (χ1n) is 11.5. The van der Waals surface area contributed by atoms with Crippen molar-refractivity contribution in [1.82, 2.24) is 13.3 Å². The van der Waals surface area contributed by atoms with Crippen LogP contribution in [0.3, 0.4) is 0 Å². The molecule has 2 N–H and O–H groups in total. The molecular formula is C23H46I4N3O2-3. The van der Waals surface area contributed by atoms with Crippen molar-refractivity contribution in [2.45, 2.75) is 64.4 Å². The molecule has 1 aliphatic rings. The normalized spacial score (nSPS) is 24.8. The van der Waals surface area contributed by atoms with Gasteiger partial charge in [0.15, 0.2) is 0 Å². The molecule has 0 aromatic carbocycles. The topological polar surface area (TPSA) is 48.0 Å². The van der Waals surface area contributed by atoms with Gasteiger partial charge in [-0.1, -0.05) is 0 Å². The number of allylic oxidation sites excluding steroid dienone is 2. The van der Waals surface area contributed by atoms with Gasteiger partial charge in [0.2, 0.25) is 0 Å². The minimum absolute atomic E-state index is 0.0164. The van der Waals surface area contributed by atoms with Crippen molar-refractivity contribution in [3.05, 3.63) is 22.3 Å². The SMILES string of the molecule is C=C(/C=C\C(NC)N([I-]C)[C@@H]1CCC[C@@H](CC)C1)[I-](C)(I)CCN(CC)[C@@H](C[I-]O)OC. The molecule has 1 fully saturated rings. The minimum atomic E-state index is -2.13. The molecule has 0 amide bonds. The number of halogens is 4. The van der Waals surface area contributed by atoms with Crippen molar-refractivity contribution in [1.29, 1.82) is 0 Å². The summed E-state index contributed by atoms with van der Waals surface area (Å²) in [5.41, 5.74) is 0. The van der Waals surface area contributed by atoms with Crippen molar-refractivity contribution >= 4 is 18.6 Å². The Morgan fingerprint density at radius 2 is 2.12 bits per heavy atom. The van der Waals surface area contributed by atoms with Crippen LogP contribution in [0.25, 0.3) is 0 Å². The molecule has 5 atom stereocenters. The van der Waals surface area contributed by atoms with E-state index in [1.807, 2.05) is 0 Å². The number of hydrogen-bond acceptors (Lipinski definition) is 5. The summed E-state index contributed by atoms with van der Waals surface area (Å²) in [5, 5.41) is 3.58. The van der Waals surface area contributed by atoms with Gasteiger partial charge in [0.05, 0.1) is 0 Å². The Kier molecular flexibility index (Phi) is 17.7. The molecule has 0 saturated heterocycles. The third kappa shape index (κ3) is 10.7. The van der Waals surface area contributed by atoms with E-state index in [2.05, 4.69) is 81.4 Å². The number of methoxy groups -OCH3 is 1. The third-order valence-corrected chi connectivity index (χ3v) is 22.1. The van der Waals surface area contributed by atoms with Gasteiger partial charge in [0, 0.05) is 0 Å². The zero-order valence-corrected chi connectivity index (χ0v) is 29.4. The molecule has 1 saturated carbocycles. The summed E-state index contributed by atoms with van der Waals surface area (Å²) in [6.07, 6.45) is 11.9. The van der Waals surface area contributed by atoms with E-state index in [1.165, 1.54) is 40.1 Å². The van der Waals surface area contributed by atoms with Gasteiger partial charge in [-0.3, -0.25) is 0 Å². The van der Waals surface area contributed by atoms with Crippen LogP contribution in [0.4, 0.5) is 0 Å². The number of rotatable bonds is 16. The number of likely N-dealkylation sites (N-methyl/N-ethyl adjacent to an activating group) is 1. The summed E-state index contributed by atoms with van der Waals surface area (Å²) in [6, 6.07) is 0.729. The molecule has 2 unspecified atom stereocenters. The molecule has 0 aromatic heterocycles. The second kappa shape index (κ2) is 17.6. The van der Waals surface area contributed by atoms with E-state index in [-0.39, 0.29) is 27.7 Å². The van der Waals surface area contributed by atoms with Gasteiger partial charge in [0.1, 0.15) is 0 Å². The second-order valence-electron chi connectivity index (χ2n) is 8.33. The maximum atomic E-state index is 9.44. The fourth-order valence-corrected chi connectivity index (χ4v) is 13.1. The Morgan fingerprint density at radius 1 is 1.41 bits per heavy atom. The number of nitrogens with zero attached hydrogens (tertiary/aromatic N) is 2. The van der Waals surface area contributed by atoms with Crippen LogP contribution in [0.1, 0.15) is 46.0 Å². The van der Waals surface area contributed by atoms with Crippen LogP contribution < -0.4 is 62.9 Å². The first kappa shape index (κ1) is 32.2. The Labute approximate surface area is 233 Å². The number of nitrogens with one attached hydrogen (secondary N) is 1. The molecule has 9 heteroatoms. The Hall–Kier alpha value is 2.20. The number of alkyl halides is 4. The summed E-state index contributed by atoms with van der Waals surface area (Å²) in [7, 11) is 3.86. The molecule has 1 aliphatic carbocycles. The quantitative estimate of drug-likeness (QED) is 0.0535. The van der Waals surface area contributed by atoms with E-state index >= 15 is 0 Å². The van der Waals surface area contributed by atoms with Crippen molar-refractivity contribution in [2.75, 3.05) is 46.0 Å². The molecule has 0 bridgehead atoms. The van der Waals surface area contributed by atoms with E-state index in [4.69, 9.17) is 4.74 Å². The zero-order chi connectivity index (χ0) is 24.1. The van der Waals surface area contributed by atoms with Gasteiger partial charge < -0.3 is 0 Å². The summed E-state index contributed by atoms with van der Waals surface area (Å²) >= 11 is -0.135. The average molecular weight is 904 g/mol. The van der Waals surface area contributed by atoms with Gasteiger partial charge in [0.25, 0.3) is 0 Å². The molecule has 0 spiro atoms. The molecule has 0 radical (unpaired) electrons. The summed E-state index contributed by atoms with van der Waals surface area (Å²) in [5.74, 6) is 0.904. The summed E-state index contributed by atoms with van der Waals surface area (Å²) in [4.78, 5) is 7.24. The van der Waals surface area contributed by atoms with Crippen LogP contribution in [-0.4, -0.2) is 75.8 Å². The van der Waals surface area contributed by atoms with Gasteiger partial charge >= 0.3 is 236 Å². The van der Waals surface area contributed by atoms with E-state index in [1.54, 1.807) is 7.11 Å². The van der Waals surface area contributed by atoms with E-state index < -0.39 is 36.1 Å². The van der Waals surface area contributed by atoms with Crippen LogP contribution in [0.5, 0.6) is 0 Å². The third-order valence-electron chi connectivity index (χ3n) is 6.42. The standard InChI is InChI=1S/C23H46I4N3O2/c1-8-20-11-10-12-21(17-20)30(25-4)22(28-6)14-13-19(3)27(5,24)15-16-29(9-2)23(32-7)18-26-31/h13-14,20-23,28,31H,3,8-12,15-18H2,1-2,4-7H3/q-3/b14-13-/t20-,21-,22?,23-/m1/s1. The number of ether oxygens (including phenoxy) is 1. The van der Waals surface area contributed by atoms with Gasteiger partial charge in [-0.05, 0) is 0 Å². The maximum absolute atomic E-state index is 9.44. The van der Waals surface area contributed by atoms with Crippen molar-refractivity contribution in [3.8, 4) is 0 Å². The van der Waals surface area contributed by atoms with Crippen molar-refractivity contribution < 1.29 is 65.7 Å². The first-order chi connectivity index (χ1) is 15.3. The monoisotopic (exact) mass is 904 g/mol. The van der Waals surface area contributed by atoms with Crippen molar-refractivity contribution in [3.63, 3.8) is 0 Å². The Bertz CT molecular complexity index is 565. The molecule has 0 aliphatic heterocycles. The Balaban J connectivity index is 2.77. The predicted molar refractivity (Wildman–Crippen MR) is 135 cm³/mol. The molecule has 1 rings (SSSR count). The van der Waals surface area contributed by atoms with Crippen LogP contribution >= 0.6 is 18.6 Å². The predicted octanol–water partition coefficient (Wildman–Crippen LogP) is -5.06. The second-order valence-corrected chi connectivity index (χ2v) is 31.7.